The van der Waals surface area contributed by atoms with Crippen LogP contribution in [0.15, 0.2) is 48.5 Å². The monoisotopic (exact) mass is 280 g/mol. The standard InChI is InChI=1S/C16H16N4O/c1-16(2,11-7-4-3-5-8-11)15(21)17-12-9-6-10-13-14(12)19-20-18-13/h3-10H,1-2H3,(H,17,21)(H,18,19,20). The predicted octanol–water partition coefficient (Wildman–Crippen LogP) is 2.87. The molecular formula is C16H16N4O. The number of rotatable bonds is 3. The van der Waals surface area contributed by atoms with Crippen molar-refractivity contribution in [1.82, 2.24) is 15.4 Å². The van der Waals surface area contributed by atoms with Crippen LogP contribution in [0.3, 0.4) is 0 Å². The lowest BCUT2D eigenvalue weighted by molar-refractivity contribution is -0.120. The molecule has 0 unspecified atom stereocenters. The first-order valence-corrected chi connectivity index (χ1v) is 6.75. The number of carbonyl (C=O) groups excluding carboxylic acids is 1. The zero-order valence-corrected chi connectivity index (χ0v) is 11.9. The molecule has 21 heavy (non-hydrogen) atoms. The number of hydrogen-bond donors (Lipinski definition) is 2. The molecule has 0 aliphatic heterocycles. The van der Waals surface area contributed by atoms with Gasteiger partial charge in [0.1, 0.15) is 11.0 Å². The molecule has 0 bridgehead atoms. The maximum atomic E-state index is 12.6. The summed E-state index contributed by atoms with van der Waals surface area (Å²) in [7, 11) is 0. The molecule has 1 amide bonds. The van der Waals surface area contributed by atoms with E-state index in [1.165, 1.54) is 0 Å². The molecule has 3 aromatic rings. The summed E-state index contributed by atoms with van der Waals surface area (Å²) in [6, 6.07) is 15.2. The van der Waals surface area contributed by atoms with Gasteiger partial charge in [0.2, 0.25) is 5.91 Å². The van der Waals surface area contributed by atoms with Crippen LogP contribution in [0, 0.1) is 0 Å². The van der Waals surface area contributed by atoms with E-state index in [4.69, 9.17) is 0 Å². The van der Waals surface area contributed by atoms with E-state index >= 15 is 0 Å². The van der Waals surface area contributed by atoms with Crippen molar-refractivity contribution in [3.8, 4) is 0 Å². The maximum Gasteiger partial charge on any atom is 0.234 e. The SMILES string of the molecule is CC(C)(C(=O)Nc1cccc2n[nH]nc12)c1ccccc1. The third kappa shape index (κ3) is 2.38. The number of amides is 1. The lowest BCUT2D eigenvalue weighted by Crippen LogP contribution is -2.34. The van der Waals surface area contributed by atoms with E-state index < -0.39 is 5.41 Å². The van der Waals surface area contributed by atoms with Crippen LogP contribution in [0.2, 0.25) is 0 Å². The van der Waals surface area contributed by atoms with Gasteiger partial charge in [0.15, 0.2) is 0 Å². The molecule has 1 aromatic heterocycles. The first kappa shape index (κ1) is 13.3. The van der Waals surface area contributed by atoms with Crippen molar-refractivity contribution in [2.75, 3.05) is 5.32 Å². The number of anilines is 1. The van der Waals surface area contributed by atoms with E-state index in [0.29, 0.717) is 11.2 Å². The van der Waals surface area contributed by atoms with Crippen molar-refractivity contribution in [3.63, 3.8) is 0 Å². The van der Waals surface area contributed by atoms with Crippen molar-refractivity contribution >= 4 is 22.6 Å². The van der Waals surface area contributed by atoms with Crippen LogP contribution < -0.4 is 5.32 Å². The minimum atomic E-state index is -0.632. The van der Waals surface area contributed by atoms with Crippen LogP contribution in [0.25, 0.3) is 11.0 Å². The molecule has 3 rings (SSSR count). The van der Waals surface area contributed by atoms with Gasteiger partial charge in [-0.05, 0) is 31.5 Å². The Balaban J connectivity index is 1.91. The highest BCUT2D eigenvalue weighted by Crippen LogP contribution is 2.26. The number of aromatic nitrogens is 3. The summed E-state index contributed by atoms with van der Waals surface area (Å²) in [5.74, 6) is -0.0794. The van der Waals surface area contributed by atoms with Crippen molar-refractivity contribution in [2.24, 2.45) is 0 Å². The van der Waals surface area contributed by atoms with Crippen molar-refractivity contribution in [3.05, 3.63) is 54.1 Å². The Morgan fingerprint density at radius 1 is 1.05 bits per heavy atom. The van der Waals surface area contributed by atoms with Gasteiger partial charge in [-0.1, -0.05) is 36.4 Å². The molecule has 0 spiro atoms. The number of benzene rings is 2. The van der Waals surface area contributed by atoms with E-state index in [2.05, 4.69) is 20.7 Å². The first-order valence-electron chi connectivity index (χ1n) is 6.75. The summed E-state index contributed by atoms with van der Waals surface area (Å²) in [4.78, 5) is 12.6. The number of hydrogen-bond acceptors (Lipinski definition) is 3. The highest BCUT2D eigenvalue weighted by atomic mass is 16.2. The Morgan fingerprint density at radius 3 is 2.57 bits per heavy atom. The Labute approximate surface area is 122 Å². The molecule has 0 saturated heterocycles. The summed E-state index contributed by atoms with van der Waals surface area (Å²) in [5, 5.41) is 13.6. The van der Waals surface area contributed by atoms with Gasteiger partial charge in [0.25, 0.3) is 0 Å². The molecule has 5 nitrogen and oxygen atoms in total. The quantitative estimate of drug-likeness (QED) is 0.775. The van der Waals surface area contributed by atoms with E-state index in [9.17, 15) is 4.79 Å². The summed E-state index contributed by atoms with van der Waals surface area (Å²) in [5.41, 5.74) is 2.39. The Kier molecular flexibility index (Phi) is 3.17. The fourth-order valence-corrected chi connectivity index (χ4v) is 2.23. The number of aromatic amines is 1. The van der Waals surface area contributed by atoms with Gasteiger partial charge in [-0.25, -0.2) is 0 Å². The topological polar surface area (TPSA) is 70.7 Å². The van der Waals surface area contributed by atoms with Crippen LogP contribution in [-0.2, 0) is 10.2 Å². The molecule has 0 atom stereocenters. The average Bonchev–Trinajstić information content (AvgIpc) is 2.97. The van der Waals surface area contributed by atoms with Crippen LogP contribution in [0.4, 0.5) is 5.69 Å². The third-order valence-electron chi connectivity index (χ3n) is 3.66. The number of nitrogens with one attached hydrogen (secondary N) is 2. The van der Waals surface area contributed by atoms with Crippen molar-refractivity contribution < 1.29 is 4.79 Å². The second-order valence-electron chi connectivity index (χ2n) is 5.44. The van der Waals surface area contributed by atoms with Gasteiger partial charge in [-0.2, -0.15) is 15.4 Å². The van der Waals surface area contributed by atoms with E-state index in [0.717, 1.165) is 11.1 Å². The van der Waals surface area contributed by atoms with Gasteiger partial charge in [-0.3, -0.25) is 4.79 Å². The molecule has 0 aliphatic rings. The lowest BCUT2D eigenvalue weighted by atomic mass is 9.83. The van der Waals surface area contributed by atoms with Gasteiger partial charge in [-0.15, -0.1) is 0 Å². The third-order valence-corrected chi connectivity index (χ3v) is 3.66. The van der Waals surface area contributed by atoms with Crippen LogP contribution >= 0.6 is 0 Å². The summed E-state index contributed by atoms with van der Waals surface area (Å²) >= 11 is 0. The van der Waals surface area contributed by atoms with E-state index in [1.807, 2.05) is 62.4 Å². The predicted molar refractivity (Wildman–Crippen MR) is 82.0 cm³/mol. The lowest BCUT2D eigenvalue weighted by Gasteiger charge is -2.24. The normalized spacial score (nSPS) is 11.5. The number of H-pyrrole nitrogens is 1. The minimum Gasteiger partial charge on any atom is -0.323 e. The summed E-state index contributed by atoms with van der Waals surface area (Å²) < 4.78 is 0. The van der Waals surface area contributed by atoms with Gasteiger partial charge < -0.3 is 5.32 Å². The van der Waals surface area contributed by atoms with Gasteiger partial charge in [0.05, 0.1) is 11.1 Å². The van der Waals surface area contributed by atoms with Crippen LogP contribution in [0.5, 0.6) is 0 Å². The smallest absolute Gasteiger partial charge is 0.234 e. The molecular weight excluding hydrogens is 264 g/mol. The fourth-order valence-electron chi connectivity index (χ4n) is 2.23. The minimum absolute atomic E-state index is 0.0794. The van der Waals surface area contributed by atoms with Crippen molar-refractivity contribution in [2.45, 2.75) is 19.3 Å². The molecule has 0 saturated carbocycles. The Bertz CT molecular complexity index is 777. The first-order chi connectivity index (χ1) is 10.1. The zero-order chi connectivity index (χ0) is 14.9. The second-order valence-corrected chi connectivity index (χ2v) is 5.44. The highest BCUT2D eigenvalue weighted by Gasteiger charge is 2.30. The summed E-state index contributed by atoms with van der Waals surface area (Å²) in [6.07, 6.45) is 0. The molecule has 0 aliphatic carbocycles. The van der Waals surface area contributed by atoms with E-state index in [1.54, 1.807) is 0 Å². The Hall–Kier alpha value is -2.69. The fraction of sp³-hybridized carbons (Fsp3) is 0.188. The molecule has 2 N–H and O–H groups in total. The molecule has 5 heteroatoms. The zero-order valence-electron chi connectivity index (χ0n) is 11.9. The number of carbonyl (C=O) groups is 1. The van der Waals surface area contributed by atoms with E-state index in [-0.39, 0.29) is 5.91 Å². The molecule has 106 valence electrons. The highest BCUT2D eigenvalue weighted by molar-refractivity contribution is 6.03. The molecule has 0 fully saturated rings. The number of nitrogens with zero attached hydrogens (tertiary/aromatic N) is 2. The molecule has 2 aromatic carbocycles. The number of para-hydroxylation sites is 1. The second kappa shape index (κ2) is 5.01. The average molecular weight is 280 g/mol. The maximum absolute atomic E-state index is 12.6. The molecule has 1 heterocycles. The Morgan fingerprint density at radius 2 is 1.81 bits per heavy atom. The van der Waals surface area contributed by atoms with Gasteiger partial charge in [0, 0.05) is 0 Å². The largest absolute Gasteiger partial charge is 0.323 e. The van der Waals surface area contributed by atoms with Crippen LogP contribution in [0.1, 0.15) is 19.4 Å². The van der Waals surface area contributed by atoms with Crippen LogP contribution in [-0.4, -0.2) is 21.3 Å². The number of fused-ring (bicyclic) bond motifs is 1. The van der Waals surface area contributed by atoms with Gasteiger partial charge >= 0.3 is 0 Å². The summed E-state index contributed by atoms with van der Waals surface area (Å²) in [6.45, 7) is 3.81. The van der Waals surface area contributed by atoms with Crippen molar-refractivity contribution in [1.29, 1.82) is 0 Å². The molecule has 0 radical (unpaired) electrons.